The summed E-state index contributed by atoms with van der Waals surface area (Å²) in [5, 5.41) is 0. The third-order valence-electron chi connectivity index (χ3n) is 2.56. The lowest BCUT2D eigenvalue weighted by Crippen LogP contribution is -2.55. The van der Waals surface area contributed by atoms with Gasteiger partial charge in [-0.2, -0.15) is 87.8 Å². The molecule has 20 heteroatoms. The highest BCUT2D eigenvalue weighted by atomic mass is 19.4. The van der Waals surface area contributed by atoms with Gasteiger partial charge in [-0.15, -0.1) is 0 Å². The standard InChI is InChI=1S/C7F12.C5F8/c8-1(3(10)11)5(14,15)7(18,19)6(16,17)2(9)4(12)13;6-1(3(8)9)5(12,13)2(7)4(10)11. The van der Waals surface area contributed by atoms with Crippen LogP contribution in [0.25, 0.3) is 0 Å². The summed E-state index contributed by atoms with van der Waals surface area (Å²) in [7, 11) is 0. The monoisotopic (exact) mass is 524 g/mol. The van der Waals surface area contributed by atoms with Gasteiger partial charge in [0.2, 0.25) is 23.3 Å². The summed E-state index contributed by atoms with van der Waals surface area (Å²) in [6.07, 6.45) is -15.3. The van der Waals surface area contributed by atoms with E-state index in [0.29, 0.717) is 0 Å². The first-order chi connectivity index (χ1) is 13.9. The summed E-state index contributed by atoms with van der Waals surface area (Å²) in [4.78, 5) is 0. The first-order valence-electron chi connectivity index (χ1n) is 6.28. The molecule has 0 amide bonds. The van der Waals surface area contributed by atoms with Gasteiger partial charge in [0.25, 0.3) is 0 Å². The topological polar surface area (TPSA) is 0 Å². The third kappa shape index (κ3) is 6.30. The zero-order chi connectivity index (χ0) is 26.6. The van der Waals surface area contributed by atoms with E-state index in [1.165, 1.54) is 0 Å². The number of hydrogen-bond donors (Lipinski definition) is 0. The molecule has 0 spiro atoms. The maximum Gasteiger partial charge on any atom is 0.385 e. The normalized spacial score (nSPS) is 12.4. The molecule has 0 aromatic heterocycles. The molecule has 0 aliphatic rings. The lowest BCUT2D eigenvalue weighted by Gasteiger charge is -2.30. The highest BCUT2D eigenvalue weighted by Gasteiger charge is 2.77. The Balaban J connectivity index is 0. The molecule has 0 N–H and O–H groups in total. The van der Waals surface area contributed by atoms with Crippen LogP contribution in [0.3, 0.4) is 0 Å². The maximum atomic E-state index is 12.5. The molecule has 0 radical (unpaired) electrons. The molecule has 32 heavy (non-hydrogen) atoms. The number of hydrogen-bond acceptors (Lipinski definition) is 0. The molecule has 0 fully saturated rings. The lowest BCUT2D eigenvalue weighted by molar-refractivity contribution is -0.293. The van der Waals surface area contributed by atoms with Crippen molar-refractivity contribution in [2.75, 3.05) is 0 Å². The first kappa shape index (κ1) is 31.7. The van der Waals surface area contributed by atoms with E-state index in [9.17, 15) is 87.8 Å². The van der Waals surface area contributed by atoms with Crippen LogP contribution in [0, 0.1) is 0 Å². The van der Waals surface area contributed by atoms with Crippen molar-refractivity contribution in [1.82, 2.24) is 0 Å². The van der Waals surface area contributed by atoms with E-state index in [4.69, 9.17) is 0 Å². The van der Waals surface area contributed by atoms with Gasteiger partial charge in [-0.25, -0.2) is 0 Å². The van der Waals surface area contributed by atoms with Crippen molar-refractivity contribution in [2.24, 2.45) is 0 Å². The Morgan fingerprint density at radius 2 is 0.500 bits per heavy atom. The number of allylic oxidation sites excluding steroid dienone is 4. The van der Waals surface area contributed by atoms with E-state index >= 15 is 0 Å². The van der Waals surface area contributed by atoms with E-state index in [1.54, 1.807) is 0 Å². The van der Waals surface area contributed by atoms with Crippen LogP contribution in [0.15, 0.2) is 47.6 Å². The summed E-state index contributed by atoms with van der Waals surface area (Å²) < 4.78 is 236. The van der Waals surface area contributed by atoms with Crippen LogP contribution in [-0.2, 0) is 0 Å². The molecule has 0 aromatic carbocycles. The summed E-state index contributed by atoms with van der Waals surface area (Å²) in [5.41, 5.74) is 0. The van der Waals surface area contributed by atoms with Crippen molar-refractivity contribution in [3.63, 3.8) is 0 Å². The van der Waals surface area contributed by atoms with Crippen LogP contribution < -0.4 is 0 Å². The molecule has 0 aromatic rings. The minimum Gasteiger partial charge on any atom is -0.199 e. The molecule has 0 heterocycles. The Hall–Kier alpha value is -2.44. The highest BCUT2D eigenvalue weighted by molar-refractivity contribution is 5.22. The van der Waals surface area contributed by atoms with E-state index in [1.807, 2.05) is 0 Å². The molecule has 188 valence electrons. The Morgan fingerprint density at radius 3 is 0.656 bits per heavy atom. The molecule has 0 saturated heterocycles. The van der Waals surface area contributed by atoms with Crippen molar-refractivity contribution < 1.29 is 87.8 Å². The molecule has 0 nitrogen and oxygen atoms in total. The average molecular weight is 524 g/mol. The second kappa shape index (κ2) is 10.5. The van der Waals surface area contributed by atoms with Gasteiger partial charge in [-0.05, 0) is 0 Å². The maximum absolute atomic E-state index is 12.5. The van der Waals surface area contributed by atoms with Crippen LogP contribution in [0.2, 0.25) is 0 Å². The number of alkyl halides is 8. The quantitative estimate of drug-likeness (QED) is 0.305. The second-order valence-corrected chi connectivity index (χ2v) is 4.60. The van der Waals surface area contributed by atoms with E-state index < -0.39 is 71.3 Å². The van der Waals surface area contributed by atoms with Gasteiger partial charge < -0.3 is 0 Å². The fraction of sp³-hybridized carbons (Fsp3) is 0.333. The van der Waals surface area contributed by atoms with Gasteiger partial charge in [0.1, 0.15) is 0 Å². The molecule has 0 atom stereocenters. The van der Waals surface area contributed by atoms with Gasteiger partial charge in [0.15, 0.2) is 0 Å². The number of rotatable bonds is 6. The average Bonchev–Trinajstić information content (AvgIpc) is 2.64. The Morgan fingerprint density at radius 1 is 0.312 bits per heavy atom. The summed E-state index contributed by atoms with van der Waals surface area (Å²) in [6.45, 7) is 0. The predicted octanol–water partition coefficient (Wildman–Crippen LogP) is 8.82. The van der Waals surface area contributed by atoms with Gasteiger partial charge in [0.05, 0.1) is 0 Å². The van der Waals surface area contributed by atoms with Gasteiger partial charge >= 0.3 is 48.0 Å². The fourth-order valence-corrected chi connectivity index (χ4v) is 1.04. The molecule has 0 aliphatic carbocycles. The third-order valence-corrected chi connectivity index (χ3v) is 2.56. The van der Waals surface area contributed by atoms with E-state index in [0.717, 1.165) is 0 Å². The molecule has 0 saturated carbocycles. The SMILES string of the molecule is FC(F)=C(F)C(F)(F)C(F)(F)C(F)(F)C(F)=C(F)F.FC(F)=C(F)C(F)(F)C(F)=C(F)F. The van der Waals surface area contributed by atoms with Crippen LogP contribution in [0.1, 0.15) is 0 Å². The highest BCUT2D eigenvalue weighted by Crippen LogP contribution is 2.53. The van der Waals surface area contributed by atoms with E-state index in [2.05, 4.69) is 0 Å². The minimum absolute atomic E-state index is 3.53. The lowest BCUT2D eigenvalue weighted by atomic mass is 10.0. The van der Waals surface area contributed by atoms with Crippen molar-refractivity contribution in [1.29, 1.82) is 0 Å². The van der Waals surface area contributed by atoms with E-state index in [-0.39, 0.29) is 0 Å². The Labute approximate surface area is 160 Å². The zero-order valence-electron chi connectivity index (χ0n) is 13.6. The van der Waals surface area contributed by atoms with Crippen molar-refractivity contribution in [2.45, 2.75) is 23.7 Å². The fourth-order valence-electron chi connectivity index (χ4n) is 1.04. The molecular formula is C12F20. The molecule has 0 bridgehead atoms. The molecule has 0 rings (SSSR count). The Kier molecular flexibility index (Phi) is 10.4. The largest absolute Gasteiger partial charge is 0.385 e. The summed E-state index contributed by atoms with van der Waals surface area (Å²) in [5.74, 6) is -42.2. The van der Waals surface area contributed by atoms with Crippen LogP contribution in [-0.4, -0.2) is 23.7 Å². The summed E-state index contributed by atoms with van der Waals surface area (Å²) >= 11 is 0. The van der Waals surface area contributed by atoms with Crippen molar-refractivity contribution in [3.8, 4) is 0 Å². The van der Waals surface area contributed by atoms with Crippen LogP contribution in [0.4, 0.5) is 87.8 Å². The minimum atomic E-state index is -7.19. The van der Waals surface area contributed by atoms with Crippen LogP contribution in [0.5, 0.6) is 0 Å². The molecule has 0 unspecified atom stereocenters. The van der Waals surface area contributed by atoms with Gasteiger partial charge in [-0.3, -0.25) is 0 Å². The van der Waals surface area contributed by atoms with Gasteiger partial charge in [0, 0.05) is 0 Å². The Bertz CT molecular complexity index is 730. The van der Waals surface area contributed by atoms with Gasteiger partial charge in [-0.1, -0.05) is 0 Å². The zero-order valence-corrected chi connectivity index (χ0v) is 13.6. The van der Waals surface area contributed by atoms with Crippen molar-refractivity contribution >= 4 is 0 Å². The summed E-state index contributed by atoms with van der Waals surface area (Å²) in [6, 6.07) is 0. The number of halogens is 20. The van der Waals surface area contributed by atoms with Crippen LogP contribution >= 0.6 is 0 Å². The smallest absolute Gasteiger partial charge is 0.199 e. The first-order valence-corrected chi connectivity index (χ1v) is 6.28. The second-order valence-electron chi connectivity index (χ2n) is 4.60. The molecular weight excluding hydrogens is 524 g/mol. The predicted molar refractivity (Wildman–Crippen MR) is 61.2 cm³/mol. The van der Waals surface area contributed by atoms with Crippen molar-refractivity contribution in [3.05, 3.63) is 47.6 Å². The molecule has 0 aliphatic heterocycles.